The van der Waals surface area contributed by atoms with Gasteiger partial charge in [-0.25, -0.2) is 5.43 Å². The lowest BCUT2D eigenvalue weighted by molar-refractivity contribution is 0.132. The highest BCUT2D eigenvalue weighted by atomic mass is 16.5. The molecular formula is C3H6N2O. The second-order valence-corrected chi connectivity index (χ2v) is 1.00. The summed E-state index contributed by atoms with van der Waals surface area (Å²) in [5.74, 6) is 0. The predicted octanol–water partition coefficient (Wildman–Crippen LogP) is -0.893. The van der Waals surface area contributed by atoms with Crippen LogP contribution >= 0.6 is 0 Å². The molecule has 0 aromatic carbocycles. The van der Waals surface area contributed by atoms with Gasteiger partial charge < -0.3 is 4.74 Å². The number of hydrogen-bond acceptors (Lipinski definition) is 3. The fraction of sp³-hybridized carbons (Fsp3) is 0.667. The van der Waals surface area contributed by atoms with Crippen LogP contribution in [-0.2, 0) is 4.74 Å². The summed E-state index contributed by atoms with van der Waals surface area (Å²) in [4.78, 5) is 0. The molecule has 1 aliphatic heterocycles. The molecule has 1 fully saturated rings. The van der Waals surface area contributed by atoms with Crippen LogP contribution in [0.1, 0.15) is 0 Å². The monoisotopic (exact) mass is 86.0 g/mol. The highest BCUT2D eigenvalue weighted by molar-refractivity contribution is 4.49. The standard InChI is InChI=1S/C3H6N2O/c1-2-6-3-5-4-1/h4-5H,1-2H2. The summed E-state index contributed by atoms with van der Waals surface area (Å²) >= 11 is 0. The summed E-state index contributed by atoms with van der Waals surface area (Å²) in [5.41, 5.74) is 5.36. The van der Waals surface area contributed by atoms with Crippen molar-refractivity contribution in [1.82, 2.24) is 10.9 Å². The number of ether oxygens (including phenoxy) is 1. The van der Waals surface area contributed by atoms with Crippen LogP contribution in [0.15, 0.2) is 0 Å². The van der Waals surface area contributed by atoms with Crippen molar-refractivity contribution in [2.24, 2.45) is 0 Å². The molecule has 0 aromatic rings. The molecular weight excluding hydrogens is 80.0 g/mol. The zero-order chi connectivity index (χ0) is 4.24. The summed E-state index contributed by atoms with van der Waals surface area (Å²) in [6.07, 6.45) is 0. The van der Waals surface area contributed by atoms with Crippen LogP contribution in [0, 0.1) is 6.73 Å². The Balaban J connectivity index is 2.00. The van der Waals surface area contributed by atoms with Gasteiger partial charge in [-0.05, 0) is 0 Å². The summed E-state index contributed by atoms with van der Waals surface area (Å²) in [6, 6.07) is 0. The molecule has 1 saturated heterocycles. The third-order valence-electron chi connectivity index (χ3n) is 0.541. The third kappa shape index (κ3) is 0.931. The van der Waals surface area contributed by atoms with Gasteiger partial charge in [0.25, 0.3) is 0 Å². The first-order valence-corrected chi connectivity index (χ1v) is 1.85. The number of hydrazine groups is 1. The Labute approximate surface area is 36.6 Å². The molecule has 1 aliphatic rings. The molecule has 0 spiro atoms. The van der Waals surface area contributed by atoms with Crippen LogP contribution in [0.2, 0.25) is 0 Å². The Morgan fingerprint density at radius 1 is 1.67 bits per heavy atom. The number of nitrogens with one attached hydrogen (secondary N) is 2. The van der Waals surface area contributed by atoms with E-state index in [2.05, 4.69) is 22.3 Å². The Hall–Kier alpha value is -0.120. The lowest BCUT2D eigenvalue weighted by atomic mass is 10.7. The number of hydrogen-bond donors (Lipinski definition) is 2. The van der Waals surface area contributed by atoms with Gasteiger partial charge in [-0.15, -0.1) is 0 Å². The van der Waals surface area contributed by atoms with Crippen molar-refractivity contribution in [3.63, 3.8) is 0 Å². The molecule has 0 aromatic heterocycles. The first-order valence-electron chi connectivity index (χ1n) is 1.85. The van der Waals surface area contributed by atoms with Crippen LogP contribution in [-0.4, -0.2) is 13.2 Å². The van der Waals surface area contributed by atoms with E-state index in [1.807, 2.05) is 0 Å². The van der Waals surface area contributed by atoms with Gasteiger partial charge >= 0.3 is 0 Å². The Bertz CT molecular complexity index is 24.3. The van der Waals surface area contributed by atoms with Crippen molar-refractivity contribution in [3.05, 3.63) is 6.73 Å². The van der Waals surface area contributed by atoms with Gasteiger partial charge in [0, 0.05) is 6.54 Å². The fourth-order valence-corrected chi connectivity index (χ4v) is 0.288. The molecule has 2 radical (unpaired) electrons. The Morgan fingerprint density at radius 2 is 2.67 bits per heavy atom. The highest BCUT2D eigenvalue weighted by Crippen LogP contribution is 1.76. The highest BCUT2D eigenvalue weighted by Gasteiger charge is 1.93. The van der Waals surface area contributed by atoms with E-state index in [1.54, 1.807) is 0 Å². The van der Waals surface area contributed by atoms with E-state index in [4.69, 9.17) is 0 Å². The van der Waals surface area contributed by atoms with E-state index in [0.717, 1.165) is 6.54 Å². The molecule has 3 nitrogen and oxygen atoms in total. The normalized spacial score (nSPS) is 24.0. The molecule has 0 unspecified atom stereocenters. The summed E-state index contributed by atoms with van der Waals surface area (Å²) in [6.45, 7) is 3.99. The van der Waals surface area contributed by atoms with E-state index in [9.17, 15) is 0 Å². The third-order valence-corrected chi connectivity index (χ3v) is 0.541. The van der Waals surface area contributed by atoms with E-state index in [1.165, 1.54) is 0 Å². The second-order valence-electron chi connectivity index (χ2n) is 1.00. The van der Waals surface area contributed by atoms with Gasteiger partial charge in [-0.3, -0.25) is 5.43 Å². The zero-order valence-electron chi connectivity index (χ0n) is 3.32. The van der Waals surface area contributed by atoms with Crippen molar-refractivity contribution in [2.75, 3.05) is 13.2 Å². The van der Waals surface area contributed by atoms with E-state index in [0.29, 0.717) is 6.61 Å². The topological polar surface area (TPSA) is 33.3 Å². The van der Waals surface area contributed by atoms with E-state index < -0.39 is 0 Å². The minimum absolute atomic E-state index is 0.715. The van der Waals surface area contributed by atoms with Crippen molar-refractivity contribution in [2.45, 2.75) is 0 Å². The fourth-order valence-electron chi connectivity index (χ4n) is 0.288. The van der Waals surface area contributed by atoms with Gasteiger partial charge in [0.2, 0.25) is 6.73 Å². The van der Waals surface area contributed by atoms with Gasteiger partial charge in [0.15, 0.2) is 0 Å². The maximum atomic E-state index is 4.65. The summed E-state index contributed by atoms with van der Waals surface area (Å²) < 4.78 is 4.65. The molecule has 6 heavy (non-hydrogen) atoms. The lowest BCUT2D eigenvalue weighted by Crippen LogP contribution is -2.38. The van der Waals surface area contributed by atoms with Crippen LogP contribution in [0.5, 0.6) is 0 Å². The average molecular weight is 86.1 g/mol. The molecule has 0 saturated carbocycles. The first kappa shape index (κ1) is 4.05. The van der Waals surface area contributed by atoms with Crippen LogP contribution in [0.4, 0.5) is 0 Å². The lowest BCUT2D eigenvalue weighted by Gasteiger charge is -2.10. The van der Waals surface area contributed by atoms with Crippen molar-refractivity contribution < 1.29 is 4.74 Å². The molecule has 1 heterocycles. The molecule has 1 rings (SSSR count). The maximum absolute atomic E-state index is 4.65. The molecule has 0 bridgehead atoms. The van der Waals surface area contributed by atoms with Crippen LogP contribution in [0.25, 0.3) is 0 Å². The average Bonchev–Trinajstić information content (AvgIpc) is 1.72. The Kier molecular flexibility index (Phi) is 1.43. The summed E-state index contributed by atoms with van der Waals surface area (Å²) in [7, 11) is 0. The molecule has 0 atom stereocenters. The maximum Gasteiger partial charge on any atom is 0.229 e. The van der Waals surface area contributed by atoms with Crippen molar-refractivity contribution in [1.29, 1.82) is 0 Å². The zero-order valence-corrected chi connectivity index (χ0v) is 3.32. The van der Waals surface area contributed by atoms with Gasteiger partial charge in [-0.1, -0.05) is 0 Å². The van der Waals surface area contributed by atoms with Gasteiger partial charge in [-0.2, -0.15) is 0 Å². The molecule has 0 aliphatic carbocycles. The van der Waals surface area contributed by atoms with E-state index in [-0.39, 0.29) is 0 Å². The minimum atomic E-state index is 0.715. The van der Waals surface area contributed by atoms with Crippen LogP contribution < -0.4 is 10.9 Å². The second kappa shape index (κ2) is 2.12. The van der Waals surface area contributed by atoms with Crippen molar-refractivity contribution in [3.8, 4) is 0 Å². The van der Waals surface area contributed by atoms with Gasteiger partial charge in [0.05, 0.1) is 6.61 Å². The predicted molar refractivity (Wildman–Crippen MR) is 20.3 cm³/mol. The van der Waals surface area contributed by atoms with Crippen molar-refractivity contribution >= 4 is 0 Å². The molecule has 2 N–H and O–H groups in total. The first-order chi connectivity index (χ1) is 3.00. The molecule has 0 amide bonds. The van der Waals surface area contributed by atoms with Gasteiger partial charge in [0.1, 0.15) is 0 Å². The largest absolute Gasteiger partial charge is 0.349 e. The smallest absolute Gasteiger partial charge is 0.229 e. The molecule has 3 heteroatoms. The summed E-state index contributed by atoms with van der Waals surface area (Å²) in [5, 5.41) is 0. The quantitative estimate of drug-likeness (QED) is 0.401. The molecule has 34 valence electrons. The minimum Gasteiger partial charge on any atom is -0.349 e. The van der Waals surface area contributed by atoms with Crippen LogP contribution in [0.3, 0.4) is 0 Å². The Morgan fingerprint density at radius 3 is 2.83 bits per heavy atom. The number of rotatable bonds is 0. The SMILES string of the molecule is [C]1NNCCO1. The van der Waals surface area contributed by atoms with E-state index >= 15 is 0 Å².